The summed E-state index contributed by atoms with van der Waals surface area (Å²) in [5, 5.41) is 11.3. The van der Waals surface area contributed by atoms with Crippen LogP contribution in [0.15, 0.2) is 55.4 Å². The fourth-order valence-electron chi connectivity index (χ4n) is 2.06. The Morgan fingerprint density at radius 2 is 2.09 bits per heavy atom. The molecule has 0 aliphatic rings. The number of nitrogens with one attached hydrogen (secondary N) is 2. The average molecular weight is 375 g/mol. The maximum Gasteiger partial charge on any atom is 0.272 e. The summed E-state index contributed by atoms with van der Waals surface area (Å²) in [4.78, 5) is 23.6. The van der Waals surface area contributed by atoms with E-state index in [9.17, 15) is 9.59 Å². The van der Waals surface area contributed by atoms with Crippen LogP contribution in [-0.2, 0) is 11.2 Å². The summed E-state index contributed by atoms with van der Waals surface area (Å²) >= 11 is 3.17. The molecule has 0 aliphatic heterocycles. The van der Waals surface area contributed by atoms with Crippen molar-refractivity contribution in [1.82, 2.24) is 15.6 Å². The number of aromatic amines is 1. The average Bonchev–Trinajstić information content (AvgIpc) is 2.96. The summed E-state index contributed by atoms with van der Waals surface area (Å²) in [6.07, 6.45) is 1.39. The number of H-pyrrole nitrogens is 1. The van der Waals surface area contributed by atoms with Gasteiger partial charge in [-0.1, -0.05) is 18.2 Å². The summed E-state index contributed by atoms with van der Waals surface area (Å²) in [7, 11) is 0. The fraction of sp³-hybridized carbons (Fsp3) is 0.0667. The number of hydrogen-bond donors (Lipinski definition) is 2. The molecule has 0 saturated heterocycles. The minimum absolute atomic E-state index is 0.00349. The van der Waals surface area contributed by atoms with Crippen molar-refractivity contribution in [2.45, 2.75) is 6.42 Å². The maximum atomic E-state index is 11.9. The summed E-state index contributed by atoms with van der Waals surface area (Å²) in [6, 6.07) is 10.4. The monoisotopic (exact) mass is 374 g/mol. The summed E-state index contributed by atoms with van der Waals surface area (Å²) in [5.41, 5.74) is 2.59. The molecule has 3 aromatic rings. The van der Waals surface area contributed by atoms with Gasteiger partial charge in [-0.3, -0.25) is 9.59 Å². The first-order valence-corrected chi connectivity index (χ1v) is 7.46. The lowest BCUT2D eigenvalue weighted by molar-refractivity contribution is -0.120. The van der Waals surface area contributed by atoms with E-state index in [1.165, 1.54) is 6.21 Å². The lowest BCUT2D eigenvalue weighted by Crippen LogP contribution is -2.22. The number of carbonyl (C=O) groups is 1. The van der Waals surface area contributed by atoms with Gasteiger partial charge in [0.1, 0.15) is 5.76 Å². The number of nitrogens with zero attached hydrogens (tertiary/aromatic N) is 2. The molecular formula is C15H11BrN4O3. The smallest absolute Gasteiger partial charge is 0.272 e. The molecule has 2 heterocycles. The van der Waals surface area contributed by atoms with Crippen molar-refractivity contribution in [2.24, 2.45) is 5.10 Å². The standard InChI is InChI=1S/C15H11BrN4O3/c16-13-6-5-9(23-13)8-17-19-14(21)7-12-10-3-1-2-4-11(10)15(22)20-18-12/h1-6,8H,7H2,(H,19,21)(H,20,22). The third-order valence-corrected chi connectivity index (χ3v) is 3.50. The Bertz CT molecular complexity index is 945. The topological polar surface area (TPSA) is 100 Å². The number of halogens is 1. The van der Waals surface area contributed by atoms with Gasteiger partial charge in [0.15, 0.2) is 4.67 Å². The van der Waals surface area contributed by atoms with Gasteiger partial charge in [-0.05, 0) is 34.1 Å². The van der Waals surface area contributed by atoms with Crippen LogP contribution in [-0.4, -0.2) is 22.3 Å². The number of rotatable bonds is 4. The Morgan fingerprint density at radius 3 is 2.83 bits per heavy atom. The zero-order valence-electron chi connectivity index (χ0n) is 11.7. The minimum atomic E-state index is -0.350. The van der Waals surface area contributed by atoms with E-state index in [-0.39, 0.29) is 17.9 Å². The lowest BCUT2D eigenvalue weighted by Gasteiger charge is -2.03. The molecule has 0 saturated carbocycles. The quantitative estimate of drug-likeness (QED) is 0.538. The molecule has 1 aromatic carbocycles. The molecule has 0 aliphatic carbocycles. The Balaban J connectivity index is 1.72. The van der Waals surface area contributed by atoms with Gasteiger partial charge < -0.3 is 4.42 Å². The number of furan rings is 1. The predicted molar refractivity (Wildman–Crippen MR) is 88.2 cm³/mol. The molecule has 3 rings (SSSR count). The van der Waals surface area contributed by atoms with E-state index in [1.807, 2.05) is 0 Å². The molecule has 2 aromatic heterocycles. The maximum absolute atomic E-state index is 11.9. The van der Waals surface area contributed by atoms with E-state index in [0.29, 0.717) is 26.9 Å². The van der Waals surface area contributed by atoms with E-state index in [1.54, 1.807) is 36.4 Å². The van der Waals surface area contributed by atoms with Crippen LogP contribution in [0.3, 0.4) is 0 Å². The molecule has 7 nitrogen and oxygen atoms in total. The van der Waals surface area contributed by atoms with Crippen molar-refractivity contribution in [3.63, 3.8) is 0 Å². The zero-order chi connectivity index (χ0) is 16.2. The normalized spacial score (nSPS) is 11.2. The third-order valence-electron chi connectivity index (χ3n) is 3.08. The number of hydrogen-bond acceptors (Lipinski definition) is 5. The van der Waals surface area contributed by atoms with Crippen LogP contribution in [0.25, 0.3) is 10.8 Å². The SMILES string of the molecule is O=C(Cc1n[nH]c(=O)c2ccccc12)NN=Cc1ccc(Br)o1. The van der Waals surface area contributed by atoms with Crippen molar-refractivity contribution < 1.29 is 9.21 Å². The van der Waals surface area contributed by atoms with Crippen LogP contribution in [0.2, 0.25) is 0 Å². The van der Waals surface area contributed by atoms with Crippen molar-refractivity contribution in [3.8, 4) is 0 Å². The molecule has 2 N–H and O–H groups in total. The Labute approximate surface area is 138 Å². The van der Waals surface area contributed by atoms with Crippen LogP contribution in [0, 0.1) is 0 Å². The van der Waals surface area contributed by atoms with Crippen LogP contribution < -0.4 is 11.0 Å². The van der Waals surface area contributed by atoms with Crippen LogP contribution in [0.5, 0.6) is 0 Å². The van der Waals surface area contributed by atoms with Gasteiger partial charge in [0.2, 0.25) is 5.91 Å². The predicted octanol–water partition coefficient (Wildman–Crippen LogP) is 1.97. The molecule has 8 heteroatoms. The molecule has 0 radical (unpaired) electrons. The Kier molecular flexibility index (Phi) is 4.33. The highest BCUT2D eigenvalue weighted by Gasteiger charge is 2.10. The third kappa shape index (κ3) is 3.54. The highest BCUT2D eigenvalue weighted by atomic mass is 79.9. The second kappa shape index (κ2) is 6.57. The fourth-order valence-corrected chi connectivity index (χ4v) is 2.38. The van der Waals surface area contributed by atoms with Gasteiger partial charge in [-0.15, -0.1) is 0 Å². The molecule has 0 unspecified atom stereocenters. The van der Waals surface area contributed by atoms with E-state index in [4.69, 9.17) is 4.42 Å². The Hall–Kier alpha value is -2.74. The van der Waals surface area contributed by atoms with E-state index < -0.39 is 0 Å². The molecule has 0 fully saturated rings. The molecule has 116 valence electrons. The molecule has 0 atom stereocenters. The minimum Gasteiger partial charge on any atom is -0.448 e. The first kappa shape index (κ1) is 15.2. The highest BCUT2D eigenvalue weighted by molar-refractivity contribution is 9.10. The molecule has 1 amide bonds. The van der Waals surface area contributed by atoms with Gasteiger partial charge in [-0.2, -0.15) is 10.2 Å². The van der Waals surface area contributed by atoms with E-state index in [2.05, 4.69) is 36.7 Å². The van der Waals surface area contributed by atoms with Crippen LogP contribution >= 0.6 is 15.9 Å². The van der Waals surface area contributed by atoms with Gasteiger partial charge in [0.25, 0.3) is 5.56 Å². The summed E-state index contributed by atoms with van der Waals surface area (Å²) in [5.74, 6) is 0.154. The number of benzene rings is 1. The zero-order valence-corrected chi connectivity index (χ0v) is 13.3. The van der Waals surface area contributed by atoms with Crippen LogP contribution in [0.1, 0.15) is 11.5 Å². The number of fused-ring (bicyclic) bond motifs is 1. The molecule has 0 bridgehead atoms. The summed E-state index contributed by atoms with van der Waals surface area (Å²) in [6.45, 7) is 0. The first-order chi connectivity index (χ1) is 11.1. The number of hydrazone groups is 1. The molecular weight excluding hydrogens is 364 g/mol. The van der Waals surface area contributed by atoms with Gasteiger partial charge in [-0.25, -0.2) is 10.5 Å². The number of amides is 1. The first-order valence-electron chi connectivity index (χ1n) is 6.67. The lowest BCUT2D eigenvalue weighted by atomic mass is 10.1. The van der Waals surface area contributed by atoms with E-state index >= 15 is 0 Å². The van der Waals surface area contributed by atoms with Crippen molar-refractivity contribution in [2.75, 3.05) is 0 Å². The van der Waals surface area contributed by atoms with Crippen molar-refractivity contribution in [3.05, 3.63) is 62.9 Å². The van der Waals surface area contributed by atoms with Crippen LogP contribution in [0.4, 0.5) is 0 Å². The second-order valence-corrected chi connectivity index (χ2v) is 5.44. The largest absolute Gasteiger partial charge is 0.448 e. The summed E-state index contributed by atoms with van der Waals surface area (Å²) < 4.78 is 5.80. The number of carbonyl (C=O) groups excluding carboxylic acids is 1. The van der Waals surface area contributed by atoms with Gasteiger partial charge in [0.05, 0.1) is 23.7 Å². The van der Waals surface area contributed by atoms with E-state index in [0.717, 1.165) is 0 Å². The second-order valence-electron chi connectivity index (χ2n) is 4.66. The van der Waals surface area contributed by atoms with Crippen molar-refractivity contribution >= 4 is 38.8 Å². The Morgan fingerprint density at radius 1 is 1.30 bits per heavy atom. The van der Waals surface area contributed by atoms with Crippen molar-refractivity contribution in [1.29, 1.82) is 0 Å². The molecule has 0 spiro atoms. The van der Waals surface area contributed by atoms with Gasteiger partial charge in [0, 0.05) is 5.39 Å². The molecule has 23 heavy (non-hydrogen) atoms. The number of aromatic nitrogens is 2. The highest BCUT2D eigenvalue weighted by Crippen LogP contribution is 2.13. The van der Waals surface area contributed by atoms with Gasteiger partial charge >= 0.3 is 0 Å².